The van der Waals surface area contributed by atoms with E-state index in [-0.39, 0.29) is 22.5 Å². The summed E-state index contributed by atoms with van der Waals surface area (Å²) in [4.78, 5) is 26.5. The monoisotopic (exact) mass is 398 g/mol. The van der Waals surface area contributed by atoms with Gasteiger partial charge in [0, 0.05) is 28.8 Å². The van der Waals surface area contributed by atoms with E-state index in [2.05, 4.69) is 62.3 Å². The summed E-state index contributed by atoms with van der Waals surface area (Å²) < 4.78 is 1.70. The molecule has 9 heteroatoms. The molecule has 1 aromatic carbocycles. The van der Waals surface area contributed by atoms with Crippen molar-refractivity contribution in [3.63, 3.8) is 0 Å². The number of aromatic amines is 1. The maximum absolute atomic E-state index is 12.8. The molecular formula is C20H26N6O3. The molecule has 3 N–H and O–H groups in total. The summed E-state index contributed by atoms with van der Waals surface area (Å²) in [6, 6.07) is 5.69. The fraction of sp³-hybridized carbons (Fsp3) is 0.400. The Kier molecular flexibility index (Phi) is 4.86. The Labute approximate surface area is 168 Å². The highest BCUT2D eigenvalue weighted by atomic mass is 16.6. The van der Waals surface area contributed by atoms with Gasteiger partial charge in [-0.1, -0.05) is 20.8 Å². The lowest BCUT2D eigenvalue weighted by molar-refractivity contribution is -0.384. The Bertz CT molecular complexity index is 1060. The molecule has 2 heterocycles. The van der Waals surface area contributed by atoms with Gasteiger partial charge in [-0.15, -0.1) is 0 Å². The molecule has 0 bridgehead atoms. The molecule has 0 saturated carbocycles. The van der Waals surface area contributed by atoms with Gasteiger partial charge in [0.05, 0.1) is 16.8 Å². The second kappa shape index (κ2) is 6.91. The minimum Gasteiger partial charge on any atom is -0.364 e. The number of rotatable bonds is 4. The van der Waals surface area contributed by atoms with E-state index in [9.17, 15) is 14.9 Å². The summed E-state index contributed by atoms with van der Waals surface area (Å²) in [5, 5.41) is 21.4. The molecule has 0 aliphatic rings. The second-order valence-corrected chi connectivity index (χ2v) is 9.05. The van der Waals surface area contributed by atoms with Crippen molar-refractivity contribution >= 4 is 28.7 Å². The van der Waals surface area contributed by atoms with Gasteiger partial charge in [-0.25, -0.2) is 0 Å². The Balaban J connectivity index is 1.97. The third-order valence-corrected chi connectivity index (χ3v) is 4.29. The topological polar surface area (TPSA) is 117 Å². The number of benzene rings is 1. The first-order valence-electron chi connectivity index (χ1n) is 9.31. The number of nitrogens with one attached hydrogen (secondary N) is 3. The average molecular weight is 398 g/mol. The van der Waals surface area contributed by atoms with Crippen LogP contribution < -0.4 is 10.6 Å². The van der Waals surface area contributed by atoms with Crippen LogP contribution in [0.25, 0.3) is 5.65 Å². The molecule has 9 nitrogen and oxygen atoms in total. The van der Waals surface area contributed by atoms with E-state index in [1.165, 1.54) is 30.5 Å². The zero-order chi connectivity index (χ0) is 21.6. The zero-order valence-electron chi connectivity index (χ0n) is 17.5. The van der Waals surface area contributed by atoms with Crippen molar-refractivity contribution in [1.82, 2.24) is 14.6 Å². The van der Waals surface area contributed by atoms with Crippen LogP contribution in [0.2, 0.25) is 0 Å². The highest BCUT2D eigenvalue weighted by Crippen LogP contribution is 2.32. The van der Waals surface area contributed by atoms with Gasteiger partial charge in [-0.05, 0) is 32.9 Å². The standard InChI is InChI=1S/C20H26N6O3/c1-19(2,3)15-17(24-20(4,5)6)25-16(23-15)14(11-21-25)18(27)22-12-7-9-13(10-8-12)26(28)29/h7-11,23-24H,1-6H3,(H,22,27). The van der Waals surface area contributed by atoms with Gasteiger partial charge in [0.1, 0.15) is 17.0 Å². The quantitative estimate of drug-likeness (QED) is 0.447. The van der Waals surface area contributed by atoms with E-state index < -0.39 is 4.92 Å². The van der Waals surface area contributed by atoms with Gasteiger partial charge < -0.3 is 15.6 Å². The predicted octanol–water partition coefficient (Wildman–Crippen LogP) is 4.33. The Hall–Kier alpha value is -3.36. The fourth-order valence-corrected chi connectivity index (χ4v) is 2.97. The van der Waals surface area contributed by atoms with Gasteiger partial charge in [0.15, 0.2) is 0 Å². The number of hydrogen-bond donors (Lipinski definition) is 3. The number of aromatic nitrogens is 3. The number of fused-ring (bicyclic) bond motifs is 1. The third-order valence-electron chi connectivity index (χ3n) is 4.29. The van der Waals surface area contributed by atoms with Crippen LogP contribution in [0.15, 0.2) is 30.5 Å². The van der Waals surface area contributed by atoms with Crippen molar-refractivity contribution in [2.24, 2.45) is 0 Å². The lowest BCUT2D eigenvalue weighted by atomic mass is 9.91. The Morgan fingerprint density at radius 1 is 1.14 bits per heavy atom. The molecule has 0 spiro atoms. The molecule has 2 aromatic heterocycles. The van der Waals surface area contributed by atoms with Crippen LogP contribution >= 0.6 is 0 Å². The third kappa shape index (κ3) is 4.23. The first-order valence-corrected chi connectivity index (χ1v) is 9.31. The Morgan fingerprint density at radius 2 is 1.76 bits per heavy atom. The maximum Gasteiger partial charge on any atom is 0.269 e. The van der Waals surface area contributed by atoms with Crippen LogP contribution in [0.1, 0.15) is 57.6 Å². The molecule has 154 valence electrons. The number of imidazole rings is 1. The van der Waals surface area contributed by atoms with Crippen molar-refractivity contribution in [3.05, 3.63) is 51.8 Å². The van der Waals surface area contributed by atoms with Gasteiger partial charge >= 0.3 is 0 Å². The van der Waals surface area contributed by atoms with E-state index in [0.717, 1.165) is 11.5 Å². The normalized spacial score (nSPS) is 12.2. The second-order valence-electron chi connectivity index (χ2n) is 9.05. The predicted molar refractivity (Wildman–Crippen MR) is 113 cm³/mol. The largest absolute Gasteiger partial charge is 0.364 e. The van der Waals surface area contributed by atoms with Crippen LogP contribution in [-0.2, 0) is 5.41 Å². The molecular weight excluding hydrogens is 372 g/mol. The number of nitro groups is 1. The summed E-state index contributed by atoms with van der Waals surface area (Å²) in [7, 11) is 0. The molecule has 1 amide bonds. The SMILES string of the molecule is CC(C)(C)Nc1c(C(C)(C)C)[nH]c2c(C(=O)Nc3ccc([N+](=O)[O-])cc3)cnn12. The Morgan fingerprint density at radius 3 is 2.28 bits per heavy atom. The van der Waals surface area contributed by atoms with Crippen molar-refractivity contribution in [1.29, 1.82) is 0 Å². The molecule has 3 aromatic rings. The fourth-order valence-electron chi connectivity index (χ4n) is 2.97. The summed E-state index contributed by atoms with van der Waals surface area (Å²) in [5.74, 6) is 0.465. The van der Waals surface area contributed by atoms with Gasteiger partial charge in [0.25, 0.3) is 11.6 Å². The maximum atomic E-state index is 12.8. The molecule has 0 radical (unpaired) electrons. The van der Waals surface area contributed by atoms with Crippen molar-refractivity contribution in [2.45, 2.75) is 52.5 Å². The number of non-ortho nitro benzene ring substituents is 1. The van der Waals surface area contributed by atoms with Crippen LogP contribution in [0.5, 0.6) is 0 Å². The summed E-state index contributed by atoms with van der Waals surface area (Å²) >= 11 is 0. The summed E-state index contributed by atoms with van der Waals surface area (Å²) in [6.07, 6.45) is 1.51. The van der Waals surface area contributed by atoms with Crippen LogP contribution in [0.3, 0.4) is 0 Å². The summed E-state index contributed by atoms with van der Waals surface area (Å²) in [6.45, 7) is 12.4. The lowest BCUT2D eigenvalue weighted by Crippen LogP contribution is -2.29. The highest BCUT2D eigenvalue weighted by Gasteiger charge is 2.28. The number of H-pyrrole nitrogens is 1. The first-order chi connectivity index (χ1) is 13.4. The molecule has 29 heavy (non-hydrogen) atoms. The molecule has 0 atom stereocenters. The number of amides is 1. The molecule has 0 unspecified atom stereocenters. The molecule has 0 fully saturated rings. The van der Waals surface area contributed by atoms with Gasteiger partial charge in [-0.3, -0.25) is 14.9 Å². The minimum atomic E-state index is -0.483. The van der Waals surface area contributed by atoms with E-state index in [4.69, 9.17) is 0 Å². The molecule has 0 saturated heterocycles. The minimum absolute atomic E-state index is 0.0343. The van der Waals surface area contributed by atoms with Crippen LogP contribution in [0.4, 0.5) is 17.2 Å². The highest BCUT2D eigenvalue weighted by molar-refractivity contribution is 6.08. The number of hydrogen-bond acceptors (Lipinski definition) is 5. The van der Waals surface area contributed by atoms with Crippen molar-refractivity contribution in [2.75, 3.05) is 10.6 Å². The number of carbonyl (C=O) groups is 1. The number of anilines is 2. The molecule has 0 aliphatic carbocycles. The van der Waals surface area contributed by atoms with E-state index in [1.54, 1.807) is 4.52 Å². The summed E-state index contributed by atoms with van der Waals surface area (Å²) in [5.41, 5.74) is 1.96. The van der Waals surface area contributed by atoms with Crippen molar-refractivity contribution in [3.8, 4) is 0 Å². The van der Waals surface area contributed by atoms with E-state index in [1.807, 2.05) is 0 Å². The number of nitro benzene ring substituents is 1. The average Bonchev–Trinajstić information content (AvgIpc) is 3.14. The van der Waals surface area contributed by atoms with Gasteiger partial charge in [-0.2, -0.15) is 9.61 Å². The number of carbonyl (C=O) groups excluding carboxylic acids is 1. The smallest absolute Gasteiger partial charge is 0.269 e. The van der Waals surface area contributed by atoms with Crippen LogP contribution in [0, 0.1) is 10.1 Å². The lowest BCUT2D eigenvalue weighted by Gasteiger charge is -2.25. The number of nitrogens with zero attached hydrogens (tertiary/aromatic N) is 3. The van der Waals surface area contributed by atoms with Crippen molar-refractivity contribution < 1.29 is 9.72 Å². The molecule has 3 rings (SSSR count). The van der Waals surface area contributed by atoms with E-state index in [0.29, 0.717) is 16.9 Å². The first kappa shape index (κ1) is 20.4. The zero-order valence-corrected chi connectivity index (χ0v) is 17.5. The van der Waals surface area contributed by atoms with E-state index >= 15 is 0 Å². The molecule has 0 aliphatic heterocycles. The van der Waals surface area contributed by atoms with Gasteiger partial charge in [0.2, 0.25) is 0 Å². The van der Waals surface area contributed by atoms with Crippen LogP contribution in [-0.4, -0.2) is 31.0 Å².